The van der Waals surface area contributed by atoms with E-state index >= 15 is 0 Å². The Morgan fingerprint density at radius 2 is 1.79 bits per heavy atom. The van der Waals surface area contributed by atoms with Crippen LogP contribution in [0.4, 0.5) is 0 Å². The maximum atomic E-state index is 2.30. The Balaban J connectivity index is 2.69. The van der Waals surface area contributed by atoms with Gasteiger partial charge in [0.1, 0.15) is 0 Å². The minimum absolute atomic E-state index is 0.649. The molecule has 14 heavy (non-hydrogen) atoms. The van der Waals surface area contributed by atoms with Crippen molar-refractivity contribution in [3.63, 3.8) is 0 Å². The lowest BCUT2D eigenvalue weighted by atomic mass is 9.97. The van der Waals surface area contributed by atoms with Gasteiger partial charge in [-0.2, -0.15) is 0 Å². The van der Waals surface area contributed by atoms with Crippen LogP contribution in [-0.4, -0.2) is 0 Å². The van der Waals surface area contributed by atoms with Crippen LogP contribution < -0.4 is 0 Å². The largest absolute Gasteiger partial charge is 0.133 e. The zero-order valence-electron chi connectivity index (χ0n) is 9.13. The molecule has 2 heterocycles. The molecule has 0 atom stereocenters. The molecule has 2 aromatic rings. The Morgan fingerprint density at radius 1 is 1.07 bits per heavy atom. The second-order valence-corrected chi connectivity index (χ2v) is 6.54. The Hall–Kier alpha value is -0.340. The molecular formula is C12H16S2. The van der Waals surface area contributed by atoms with Gasteiger partial charge in [-0.05, 0) is 28.8 Å². The minimum atomic E-state index is 0.649. The van der Waals surface area contributed by atoms with E-state index in [1.54, 1.807) is 10.4 Å². The lowest BCUT2D eigenvalue weighted by Crippen LogP contribution is -1.92. The number of thiophene rings is 2. The summed E-state index contributed by atoms with van der Waals surface area (Å²) in [5.41, 5.74) is 1.58. The number of fused-ring (bicyclic) bond motifs is 1. The molecule has 0 unspecified atom stereocenters. The lowest BCUT2D eigenvalue weighted by molar-refractivity contribution is 0.815. The van der Waals surface area contributed by atoms with E-state index in [0.717, 1.165) is 0 Å². The molecule has 0 radical (unpaired) electrons. The molecule has 0 nitrogen and oxygen atoms in total. The number of rotatable bonds is 2. The molecule has 0 aliphatic rings. The first-order valence-corrected chi connectivity index (χ1v) is 6.80. The van der Waals surface area contributed by atoms with Crippen LogP contribution in [0, 0.1) is 0 Å². The van der Waals surface area contributed by atoms with Crippen LogP contribution in [-0.2, 0) is 0 Å². The molecule has 0 saturated carbocycles. The third kappa shape index (κ3) is 1.51. The minimum Gasteiger partial charge on any atom is -0.133 e. The summed E-state index contributed by atoms with van der Waals surface area (Å²) in [6.07, 6.45) is 0. The Bertz CT molecular complexity index is 432. The molecule has 0 saturated heterocycles. The van der Waals surface area contributed by atoms with Gasteiger partial charge in [-0.3, -0.25) is 0 Å². The van der Waals surface area contributed by atoms with Crippen LogP contribution >= 0.6 is 22.7 Å². The van der Waals surface area contributed by atoms with E-state index in [2.05, 4.69) is 39.1 Å². The summed E-state index contributed by atoms with van der Waals surface area (Å²) >= 11 is 3.86. The van der Waals surface area contributed by atoms with Crippen molar-refractivity contribution in [2.45, 2.75) is 39.5 Å². The maximum absolute atomic E-state index is 2.30. The average Bonchev–Trinajstić information content (AvgIpc) is 2.58. The summed E-state index contributed by atoms with van der Waals surface area (Å²) in [7, 11) is 0. The first-order chi connectivity index (χ1) is 6.61. The van der Waals surface area contributed by atoms with Crippen molar-refractivity contribution in [1.82, 2.24) is 0 Å². The van der Waals surface area contributed by atoms with E-state index in [4.69, 9.17) is 0 Å². The maximum Gasteiger partial charge on any atom is 0.0870 e. The van der Waals surface area contributed by atoms with Gasteiger partial charge in [0.05, 0.1) is 4.01 Å². The SMILES string of the molecule is CC(C)c1sc2sccc2c1C(C)C. The predicted molar refractivity (Wildman–Crippen MR) is 67.9 cm³/mol. The molecule has 0 aliphatic carbocycles. The van der Waals surface area contributed by atoms with Crippen LogP contribution in [0.1, 0.15) is 50.0 Å². The van der Waals surface area contributed by atoms with E-state index in [1.807, 2.05) is 22.7 Å². The van der Waals surface area contributed by atoms with Gasteiger partial charge in [0.2, 0.25) is 0 Å². The molecule has 0 amide bonds. The van der Waals surface area contributed by atoms with Gasteiger partial charge in [-0.15, -0.1) is 22.7 Å². The van der Waals surface area contributed by atoms with Crippen molar-refractivity contribution < 1.29 is 0 Å². The van der Waals surface area contributed by atoms with Gasteiger partial charge >= 0.3 is 0 Å². The molecule has 0 bridgehead atoms. The summed E-state index contributed by atoms with van der Waals surface area (Å²) in [4.78, 5) is 1.59. The molecule has 0 aliphatic heterocycles. The first kappa shape index (κ1) is 10.2. The van der Waals surface area contributed by atoms with E-state index in [9.17, 15) is 0 Å². The zero-order chi connectivity index (χ0) is 10.3. The van der Waals surface area contributed by atoms with Crippen molar-refractivity contribution in [2.24, 2.45) is 0 Å². The molecule has 76 valence electrons. The molecule has 0 fully saturated rings. The van der Waals surface area contributed by atoms with E-state index in [1.165, 1.54) is 9.40 Å². The molecule has 0 aromatic carbocycles. The standard InChI is InChI=1S/C12H16S2/c1-7(2)10-9-5-6-13-12(9)14-11(10)8(3)4/h5-8H,1-4H3. The van der Waals surface area contributed by atoms with Crippen LogP contribution in [0.15, 0.2) is 11.4 Å². The molecule has 0 spiro atoms. The summed E-state index contributed by atoms with van der Waals surface area (Å²) in [5.74, 6) is 1.31. The van der Waals surface area contributed by atoms with E-state index in [-0.39, 0.29) is 0 Å². The van der Waals surface area contributed by atoms with Gasteiger partial charge in [0.25, 0.3) is 0 Å². The molecule has 0 N–H and O–H groups in total. The van der Waals surface area contributed by atoms with Gasteiger partial charge in [0, 0.05) is 10.3 Å². The van der Waals surface area contributed by atoms with Gasteiger partial charge in [-0.1, -0.05) is 27.7 Å². The van der Waals surface area contributed by atoms with E-state index < -0.39 is 0 Å². The highest BCUT2D eigenvalue weighted by atomic mass is 32.2. The van der Waals surface area contributed by atoms with Crippen LogP contribution in [0.5, 0.6) is 0 Å². The van der Waals surface area contributed by atoms with Crippen molar-refractivity contribution in [2.75, 3.05) is 0 Å². The number of hydrogen-bond acceptors (Lipinski definition) is 2. The zero-order valence-corrected chi connectivity index (χ0v) is 10.8. The van der Waals surface area contributed by atoms with Crippen molar-refractivity contribution in [3.05, 3.63) is 21.9 Å². The summed E-state index contributed by atoms with van der Waals surface area (Å²) in [5, 5.41) is 3.70. The lowest BCUT2D eigenvalue weighted by Gasteiger charge is -2.10. The van der Waals surface area contributed by atoms with Gasteiger partial charge in [0.15, 0.2) is 0 Å². The quantitative estimate of drug-likeness (QED) is 0.657. The highest BCUT2D eigenvalue weighted by Gasteiger charge is 2.17. The summed E-state index contributed by atoms with van der Waals surface area (Å²) < 4.78 is 1.50. The van der Waals surface area contributed by atoms with Crippen molar-refractivity contribution in [3.8, 4) is 0 Å². The highest BCUT2D eigenvalue weighted by molar-refractivity contribution is 7.37. The summed E-state index contributed by atoms with van der Waals surface area (Å²) in [6.45, 7) is 9.18. The second kappa shape index (κ2) is 3.67. The van der Waals surface area contributed by atoms with Crippen molar-refractivity contribution in [1.29, 1.82) is 0 Å². The summed E-state index contributed by atoms with van der Waals surface area (Å²) in [6, 6.07) is 2.28. The molecule has 2 aromatic heterocycles. The monoisotopic (exact) mass is 224 g/mol. The normalized spacial score (nSPS) is 12.1. The molecular weight excluding hydrogens is 208 g/mol. The fourth-order valence-electron chi connectivity index (χ4n) is 1.89. The smallest absolute Gasteiger partial charge is 0.0870 e. The van der Waals surface area contributed by atoms with Gasteiger partial charge in [-0.25, -0.2) is 0 Å². The average molecular weight is 224 g/mol. The topological polar surface area (TPSA) is 0 Å². The Morgan fingerprint density at radius 3 is 2.36 bits per heavy atom. The Labute approximate surface area is 93.6 Å². The fraction of sp³-hybridized carbons (Fsp3) is 0.500. The highest BCUT2D eigenvalue weighted by Crippen LogP contribution is 2.42. The van der Waals surface area contributed by atoms with Crippen LogP contribution in [0.2, 0.25) is 0 Å². The fourth-order valence-corrected chi connectivity index (χ4v) is 4.33. The van der Waals surface area contributed by atoms with E-state index in [0.29, 0.717) is 11.8 Å². The predicted octanol–water partition coefficient (Wildman–Crippen LogP) is 5.21. The van der Waals surface area contributed by atoms with Crippen LogP contribution in [0.3, 0.4) is 0 Å². The third-order valence-corrected chi connectivity index (χ3v) is 5.05. The second-order valence-electron chi connectivity index (χ2n) is 4.31. The van der Waals surface area contributed by atoms with Gasteiger partial charge < -0.3 is 0 Å². The third-order valence-electron chi connectivity index (χ3n) is 2.49. The Kier molecular flexibility index (Phi) is 2.67. The molecule has 2 heteroatoms. The van der Waals surface area contributed by atoms with Crippen LogP contribution in [0.25, 0.3) is 9.40 Å². The van der Waals surface area contributed by atoms with Crippen molar-refractivity contribution >= 4 is 32.1 Å². The molecule has 2 rings (SSSR count). The number of hydrogen-bond donors (Lipinski definition) is 0. The first-order valence-electron chi connectivity index (χ1n) is 5.11.